The summed E-state index contributed by atoms with van der Waals surface area (Å²) in [7, 11) is -2.72. The number of fused-ring (bicyclic) bond motifs is 1. The van der Waals surface area contributed by atoms with Crippen LogP contribution in [0.3, 0.4) is 0 Å². The first kappa shape index (κ1) is 27.6. The Morgan fingerprint density at radius 2 is 1.51 bits per heavy atom. The molecule has 0 N–H and O–H groups in total. The molecule has 1 saturated heterocycles. The third-order valence-electron chi connectivity index (χ3n) is 8.90. The van der Waals surface area contributed by atoms with Gasteiger partial charge in [0.2, 0.25) is 0 Å². The van der Waals surface area contributed by atoms with Gasteiger partial charge in [-0.3, -0.25) is 4.79 Å². The average Bonchev–Trinajstić information content (AvgIpc) is 3.76. The lowest BCUT2D eigenvalue weighted by Crippen LogP contribution is -2.67. The van der Waals surface area contributed by atoms with Crippen LogP contribution in [0.1, 0.15) is 49.5 Å². The van der Waals surface area contributed by atoms with Gasteiger partial charge in [0.1, 0.15) is 0 Å². The fraction of sp³-hybridized carbons (Fsp3) is 0.343. The molecule has 3 aromatic carbocycles. The van der Waals surface area contributed by atoms with Crippen molar-refractivity contribution in [3.63, 3.8) is 0 Å². The van der Waals surface area contributed by atoms with Crippen molar-refractivity contribution in [2.45, 2.75) is 51.6 Å². The molecule has 2 fully saturated rings. The van der Waals surface area contributed by atoms with Gasteiger partial charge in [0, 0.05) is 24.5 Å². The number of hydrogen-bond donors (Lipinski definition) is 0. The minimum absolute atomic E-state index is 0.0120. The third kappa shape index (κ3) is 5.27. The SMILES string of the molecule is Cc1ccc(-c2ncccn2)c(C(=O)N2C[C@@H]3C[C@@H]3C[C@H]2CO[Si](c2ccccc2)(c2ccccc2)C(C)(C)C)c1. The van der Waals surface area contributed by atoms with Crippen LogP contribution >= 0.6 is 0 Å². The summed E-state index contributed by atoms with van der Waals surface area (Å²) in [5.41, 5.74) is 2.51. The molecule has 6 rings (SSSR count). The number of aryl methyl sites for hydroxylation is 1. The normalized spacial score (nSPS) is 20.4. The van der Waals surface area contributed by atoms with Crippen LogP contribution in [0.25, 0.3) is 11.4 Å². The number of carbonyl (C=O) groups is 1. The Kier molecular flexibility index (Phi) is 7.39. The van der Waals surface area contributed by atoms with Gasteiger partial charge in [0.25, 0.3) is 14.2 Å². The van der Waals surface area contributed by atoms with Crippen LogP contribution in [0.4, 0.5) is 0 Å². The lowest BCUT2D eigenvalue weighted by molar-refractivity contribution is 0.0504. The van der Waals surface area contributed by atoms with Gasteiger partial charge in [-0.1, -0.05) is 99.1 Å². The van der Waals surface area contributed by atoms with Crippen molar-refractivity contribution in [2.75, 3.05) is 13.2 Å². The molecule has 1 aliphatic heterocycles. The first-order chi connectivity index (χ1) is 19.8. The molecule has 6 heteroatoms. The van der Waals surface area contributed by atoms with Gasteiger partial charge < -0.3 is 9.33 Å². The maximum absolute atomic E-state index is 14.4. The Labute approximate surface area is 244 Å². The van der Waals surface area contributed by atoms with Crippen LogP contribution in [0, 0.1) is 18.8 Å². The van der Waals surface area contributed by atoms with Crippen LogP contribution in [-0.4, -0.2) is 48.3 Å². The number of carbonyl (C=O) groups excluding carboxylic acids is 1. The monoisotopic (exact) mass is 561 g/mol. The highest BCUT2D eigenvalue weighted by molar-refractivity contribution is 6.99. The molecule has 3 atom stereocenters. The molecule has 1 amide bonds. The van der Waals surface area contributed by atoms with E-state index in [9.17, 15) is 4.79 Å². The van der Waals surface area contributed by atoms with Crippen molar-refractivity contribution in [1.82, 2.24) is 14.9 Å². The molecule has 4 aromatic rings. The van der Waals surface area contributed by atoms with Gasteiger partial charge in [0.05, 0.1) is 18.2 Å². The zero-order valence-corrected chi connectivity index (χ0v) is 25.5. The highest BCUT2D eigenvalue weighted by atomic mass is 28.4. The zero-order valence-electron chi connectivity index (χ0n) is 24.5. The lowest BCUT2D eigenvalue weighted by Gasteiger charge is -2.45. The number of amides is 1. The summed E-state index contributed by atoms with van der Waals surface area (Å²) in [6, 6.07) is 29.3. The van der Waals surface area contributed by atoms with E-state index < -0.39 is 8.32 Å². The number of benzene rings is 3. The minimum Gasteiger partial charge on any atom is -0.405 e. The molecule has 1 aliphatic carbocycles. The van der Waals surface area contributed by atoms with E-state index in [0.717, 1.165) is 24.1 Å². The molecule has 210 valence electrons. The smallest absolute Gasteiger partial charge is 0.261 e. The molecule has 2 heterocycles. The van der Waals surface area contributed by atoms with Crippen molar-refractivity contribution in [3.05, 3.63) is 108 Å². The summed E-state index contributed by atoms with van der Waals surface area (Å²) in [5, 5.41) is 2.41. The molecule has 2 aliphatic rings. The fourth-order valence-electron chi connectivity index (χ4n) is 6.71. The number of rotatable bonds is 7. The predicted molar refractivity (Wildman–Crippen MR) is 167 cm³/mol. The van der Waals surface area contributed by atoms with Crippen molar-refractivity contribution in [1.29, 1.82) is 0 Å². The number of hydrogen-bond acceptors (Lipinski definition) is 4. The Balaban J connectivity index is 1.37. The van der Waals surface area contributed by atoms with Crippen LogP contribution < -0.4 is 10.4 Å². The molecular formula is C35H39N3O2Si. The van der Waals surface area contributed by atoms with E-state index in [1.54, 1.807) is 18.5 Å². The Bertz CT molecular complexity index is 1470. The maximum atomic E-state index is 14.4. The van der Waals surface area contributed by atoms with Crippen LogP contribution in [0.2, 0.25) is 5.04 Å². The number of aromatic nitrogens is 2. The summed E-state index contributed by atoms with van der Waals surface area (Å²) in [5.74, 6) is 1.90. The predicted octanol–water partition coefficient (Wildman–Crippen LogP) is 5.88. The number of likely N-dealkylation sites (tertiary alicyclic amines) is 1. The average molecular weight is 562 g/mol. The van der Waals surface area contributed by atoms with E-state index in [1.165, 1.54) is 16.8 Å². The van der Waals surface area contributed by atoms with Gasteiger partial charge in [-0.2, -0.15) is 0 Å². The highest BCUT2D eigenvalue weighted by Gasteiger charge is 2.52. The molecule has 1 saturated carbocycles. The Hall–Kier alpha value is -3.61. The van der Waals surface area contributed by atoms with Gasteiger partial charge >= 0.3 is 0 Å². The van der Waals surface area contributed by atoms with Crippen LogP contribution in [0.15, 0.2) is 97.3 Å². The van der Waals surface area contributed by atoms with E-state index in [2.05, 4.69) is 96.3 Å². The second-order valence-corrected chi connectivity index (χ2v) is 17.0. The summed E-state index contributed by atoms with van der Waals surface area (Å²) < 4.78 is 7.35. The quantitative estimate of drug-likeness (QED) is 0.265. The van der Waals surface area contributed by atoms with Gasteiger partial charge in [-0.25, -0.2) is 9.97 Å². The summed E-state index contributed by atoms with van der Waals surface area (Å²) >= 11 is 0. The van der Waals surface area contributed by atoms with Crippen molar-refractivity contribution < 1.29 is 9.22 Å². The second-order valence-electron chi connectivity index (χ2n) is 12.7. The number of piperidine rings is 1. The molecule has 0 spiro atoms. The molecule has 0 bridgehead atoms. The Morgan fingerprint density at radius 1 is 0.878 bits per heavy atom. The molecular weight excluding hydrogens is 522 g/mol. The third-order valence-corrected chi connectivity index (χ3v) is 13.9. The summed E-state index contributed by atoms with van der Waals surface area (Å²) in [4.78, 5) is 25.5. The van der Waals surface area contributed by atoms with Crippen molar-refractivity contribution in [2.24, 2.45) is 11.8 Å². The van der Waals surface area contributed by atoms with Crippen molar-refractivity contribution >= 4 is 24.6 Å². The molecule has 5 nitrogen and oxygen atoms in total. The van der Waals surface area contributed by atoms with E-state index in [-0.39, 0.29) is 17.0 Å². The highest BCUT2D eigenvalue weighted by Crippen LogP contribution is 2.48. The number of nitrogens with zero attached hydrogens (tertiary/aromatic N) is 3. The van der Waals surface area contributed by atoms with Crippen LogP contribution in [0.5, 0.6) is 0 Å². The fourth-order valence-corrected chi connectivity index (χ4v) is 11.3. The summed E-state index contributed by atoms with van der Waals surface area (Å²) in [6.07, 6.45) is 5.64. The topological polar surface area (TPSA) is 55.3 Å². The van der Waals surface area contributed by atoms with E-state index in [1.807, 2.05) is 25.1 Å². The minimum atomic E-state index is -2.72. The largest absolute Gasteiger partial charge is 0.405 e. The molecule has 0 unspecified atom stereocenters. The summed E-state index contributed by atoms with van der Waals surface area (Å²) in [6.45, 7) is 10.2. The van der Waals surface area contributed by atoms with E-state index >= 15 is 0 Å². The zero-order chi connectivity index (χ0) is 28.6. The first-order valence-electron chi connectivity index (χ1n) is 14.7. The maximum Gasteiger partial charge on any atom is 0.261 e. The molecule has 1 aromatic heterocycles. The standard InChI is InChI=1S/C35H39N3O2Si/c1-25-16-17-31(33-36-18-11-19-37-33)32(20-25)34(39)38-23-27-21-26(27)22-28(38)24-40-41(35(2,3)4,29-12-7-5-8-13-29)30-14-9-6-10-15-30/h5-20,26-28H,21-24H2,1-4H3/t26-,27+,28+/m1/s1. The molecule has 41 heavy (non-hydrogen) atoms. The first-order valence-corrected chi connectivity index (χ1v) is 16.6. The lowest BCUT2D eigenvalue weighted by atomic mass is 9.98. The van der Waals surface area contributed by atoms with Gasteiger partial charge in [-0.05, 0) is 59.1 Å². The van der Waals surface area contributed by atoms with Crippen LogP contribution in [-0.2, 0) is 4.43 Å². The van der Waals surface area contributed by atoms with Gasteiger partial charge in [-0.15, -0.1) is 0 Å². The Morgan fingerprint density at radius 3 is 2.12 bits per heavy atom. The van der Waals surface area contributed by atoms with Gasteiger partial charge in [0.15, 0.2) is 5.82 Å². The second kappa shape index (κ2) is 11.0. The van der Waals surface area contributed by atoms with E-state index in [0.29, 0.717) is 29.8 Å². The molecule has 0 radical (unpaired) electrons. The van der Waals surface area contributed by atoms with E-state index in [4.69, 9.17) is 4.43 Å². The van der Waals surface area contributed by atoms with Crippen molar-refractivity contribution in [3.8, 4) is 11.4 Å².